The molecule has 0 saturated heterocycles. The molecule has 0 heterocycles. The molecule has 3 aromatic carbocycles. The van der Waals surface area contributed by atoms with Crippen LogP contribution in [0, 0.1) is 24.2 Å². The highest BCUT2D eigenvalue weighted by atomic mass is 32.2. The summed E-state index contributed by atoms with van der Waals surface area (Å²) in [6.45, 7) is 4.25. The maximum atomic E-state index is 13.0. The molecule has 2 fully saturated rings. The average Bonchev–Trinajstić information content (AvgIpc) is 3.23. The number of aromatic hydroxyl groups is 1. The van der Waals surface area contributed by atoms with Gasteiger partial charge in [0.1, 0.15) is 5.75 Å². The lowest BCUT2D eigenvalue weighted by atomic mass is 9.51. The molecule has 6 rings (SSSR count). The molecule has 2 saturated carbocycles. The minimum Gasteiger partial charge on any atom is -0.508 e. The maximum absolute atomic E-state index is 13.0. The average molecular weight is 515 g/mol. The smallest absolute Gasteiger partial charge is 0.276 e. The van der Waals surface area contributed by atoms with Crippen LogP contribution in [0.5, 0.6) is 5.75 Å². The molecule has 3 aliphatic carbocycles. The van der Waals surface area contributed by atoms with Gasteiger partial charge in [0.05, 0.1) is 4.90 Å². The third-order valence-corrected chi connectivity index (χ3v) is 10.5. The number of hydrogen-bond donors (Lipinski definition) is 2. The maximum Gasteiger partial charge on any atom is 0.276 e. The molecule has 0 bridgehead atoms. The van der Waals surface area contributed by atoms with E-state index in [0.29, 0.717) is 29.4 Å². The van der Waals surface area contributed by atoms with Gasteiger partial charge in [-0.2, -0.15) is 13.5 Å². The van der Waals surface area contributed by atoms with Crippen LogP contribution in [0.4, 0.5) is 0 Å². The molecule has 0 unspecified atom stereocenters. The fraction of sp³-hybridized carbons (Fsp3) is 0.387. The van der Waals surface area contributed by atoms with Gasteiger partial charge in [0.15, 0.2) is 0 Å². The summed E-state index contributed by atoms with van der Waals surface area (Å²) in [6, 6.07) is 23.5. The van der Waals surface area contributed by atoms with Gasteiger partial charge in [0.2, 0.25) is 0 Å². The molecule has 0 aliphatic heterocycles. The number of rotatable bonds is 4. The van der Waals surface area contributed by atoms with Crippen molar-refractivity contribution in [3.63, 3.8) is 0 Å². The molecule has 0 amide bonds. The number of sulfonamides is 1. The predicted molar refractivity (Wildman–Crippen MR) is 146 cm³/mol. The number of fused-ring (bicyclic) bond motifs is 5. The third-order valence-electron chi connectivity index (χ3n) is 9.32. The van der Waals surface area contributed by atoms with Crippen molar-refractivity contribution in [2.75, 3.05) is 0 Å². The molecule has 0 spiro atoms. The Hall–Kier alpha value is -3.12. The van der Waals surface area contributed by atoms with Gasteiger partial charge in [-0.1, -0.05) is 61.0 Å². The van der Waals surface area contributed by atoms with E-state index < -0.39 is 10.0 Å². The zero-order valence-electron chi connectivity index (χ0n) is 21.4. The Balaban J connectivity index is 1.37. The first-order chi connectivity index (χ1) is 17.8. The first kappa shape index (κ1) is 24.2. The SMILES string of the molecule is Cc1ccc(S(=O)(=O)NN=C2CC[C@H]3[C@@H]4CCc5cc(O)ccc5[C@H]4[C@@H](c4ccccc4)C[C@]23C)cc1. The summed E-state index contributed by atoms with van der Waals surface area (Å²) in [4.78, 5) is 2.81. The van der Waals surface area contributed by atoms with E-state index in [1.807, 2.05) is 19.1 Å². The lowest BCUT2D eigenvalue weighted by molar-refractivity contribution is 0.0772. The number of phenolic OH excluding ortho intramolecular Hbond substituents is 1. The molecule has 5 nitrogen and oxygen atoms in total. The van der Waals surface area contributed by atoms with Crippen LogP contribution in [0.2, 0.25) is 0 Å². The normalized spacial score (nSPS) is 29.8. The summed E-state index contributed by atoms with van der Waals surface area (Å²) in [6.07, 6.45) is 4.80. The van der Waals surface area contributed by atoms with Crippen molar-refractivity contribution in [2.24, 2.45) is 22.4 Å². The van der Waals surface area contributed by atoms with Gasteiger partial charge in [0.25, 0.3) is 10.0 Å². The summed E-state index contributed by atoms with van der Waals surface area (Å²) in [5, 5.41) is 14.8. The first-order valence-electron chi connectivity index (χ1n) is 13.3. The fourth-order valence-corrected chi connectivity index (χ4v) is 8.41. The monoisotopic (exact) mass is 514 g/mol. The summed E-state index contributed by atoms with van der Waals surface area (Å²) >= 11 is 0. The van der Waals surface area contributed by atoms with E-state index in [9.17, 15) is 13.5 Å². The Bertz CT molecular complexity index is 1450. The van der Waals surface area contributed by atoms with Crippen molar-refractivity contribution in [1.29, 1.82) is 0 Å². The zero-order chi connectivity index (χ0) is 25.8. The summed E-state index contributed by atoms with van der Waals surface area (Å²) < 4.78 is 26.0. The lowest BCUT2D eigenvalue weighted by Crippen LogP contribution is -2.46. The van der Waals surface area contributed by atoms with Crippen LogP contribution in [0.15, 0.2) is 82.8 Å². The van der Waals surface area contributed by atoms with E-state index in [-0.39, 0.29) is 10.3 Å². The molecule has 3 aliphatic rings. The highest BCUT2D eigenvalue weighted by Gasteiger charge is 2.57. The Morgan fingerprint density at radius 3 is 2.49 bits per heavy atom. The van der Waals surface area contributed by atoms with Crippen molar-refractivity contribution in [3.8, 4) is 5.75 Å². The Morgan fingerprint density at radius 2 is 1.73 bits per heavy atom. The standard InChI is InChI=1S/C31H34N2O3S/c1-20-8-12-24(13-9-20)37(35,36)33-32-29-17-16-28-26-14-10-22-18-23(34)11-15-25(22)30(26)27(19-31(28,29)2)21-6-4-3-5-7-21/h3-9,11-13,15,18,26-28,30,33-34H,10,14,16-17,19H2,1-2H3/t26-,27+,28-,30+,31-/m0/s1. The number of nitrogens with one attached hydrogen (secondary N) is 1. The zero-order valence-corrected chi connectivity index (χ0v) is 22.2. The quantitative estimate of drug-likeness (QED) is 0.402. The Morgan fingerprint density at radius 1 is 0.973 bits per heavy atom. The highest BCUT2D eigenvalue weighted by molar-refractivity contribution is 7.89. The van der Waals surface area contributed by atoms with Crippen LogP contribution in [0.3, 0.4) is 0 Å². The second-order valence-electron chi connectivity index (χ2n) is 11.4. The Kier molecular flexibility index (Phi) is 5.90. The van der Waals surface area contributed by atoms with Crippen molar-refractivity contribution < 1.29 is 13.5 Å². The van der Waals surface area contributed by atoms with Crippen molar-refractivity contribution in [1.82, 2.24) is 4.83 Å². The van der Waals surface area contributed by atoms with Crippen LogP contribution >= 0.6 is 0 Å². The lowest BCUT2D eigenvalue weighted by Gasteiger charge is -2.53. The first-order valence-corrected chi connectivity index (χ1v) is 14.8. The van der Waals surface area contributed by atoms with Crippen molar-refractivity contribution in [2.45, 2.75) is 62.7 Å². The van der Waals surface area contributed by atoms with E-state index in [1.54, 1.807) is 24.3 Å². The van der Waals surface area contributed by atoms with E-state index in [2.05, 4.69) is 53.3 Å². The molecule has 0 aromatic heterocycles. The highest BCUT2D eigenvalue weighted by Crippen LogP contribution is 2.64. The van der Waals surface area contributed by atoms with E-state index in [0.717, 1.165) is 43.4 Å². The van der Waals surface area contributed by atoms with Gasteiger partial charge in [-0.25, -0.2) is 4.83 Å². The molecule has 0 radical (unpaired) electrons. The fourth-order valence-electron chi connectivity index (χ4n) is 7.58. The topological polar surface area (TPSA) is 78.8 Å². The molecular weight excluding hydrogens is 480 g/mol. The molecule has 192 valence electrons. The summed E-state index contributed by atoms with van der Waals surface area (Å²) in [7, 11) is -3.72. The number of nitrogens with zero attached hydrogens (tertiary/aromatic N) is 1. The molecule has 3 aromatic rings. The molecule has 5 atom stereocenters. The van der Waals surface area contributed by atoms with Crippen LogP contribution < -0.4 is 4.83 Å². The molecule has 6 heteroatoms. The van der Waals surface area contributed by atoms with Gasteiger partial charge >= 0.3 is 0 Å². The summed E-state index contributed by atoms with van der Waals surface area (Å²) in [5.74, 6) is 1.95. The van der Waals surface area contributed by atoms with Gasteiger partial charge in [0, 0.05) is 11.1 Å². The van der Waals surface area contributed by atoms with E-state index in [1.165, 1.54) is 16.7 Å². The van der Waals surface area contributed by atoms with E-state index in [4.69, 9.17) is 0 Å². The van der Waals surface area contributed by atoms with Crippen molar-refractivity contribution >= 4 is 15.7 Å². The molecule has 37 heavy (non-hydrogen) atoms. The largest absolute Gasteiger partial charge is 0.508 e. The third kappa shape index (κ3) is 4.15. The van der Waals surface area contributed by atoms with Crippen LogP contribution in [-0.2, 0) is 16.4 Å². The van der Waals surface area contributed by atoms with Crippen LogP contribution in [0.25, 0.3) is 0 Å². The number of aryl methyl sites for hydroxylation is 2. The van der Waals surface area contributed by atoms with E-state index >= 15 is 0 Å². The number of hydrogen-bond acceptors (Lipinski definition) is 4. The number of phenols is 1. The molecular formula is C31H34N2O3S. The predicted octanol–water partition coefficient (Wildman–Crippen LogP) is 6.28. The van der Waals surface area contributed by atoms with Crippen LogP contribution in [0.1, 0.15) is 66.7 Å². The number of hydrazone groups is 1. The molecule has 2 N–H and O–H groups in total. The van der Waals surface area contributed by atoms with Gasteiger partial charge in [-0.15, -0.1) is 0 Å². The summed E-state index contributed by atoms with van der Waals surface area (Å²) in [5.41, 5.74) is 5.78. The van der Waals surface area contributed by atoms with Gasteiger partial charge in [-0.3, -0.25) is 0 Å². The van der Waals surface area contributed by atoms with Gasteiger partial charge in [-0.05, 0) is 104 Å². The number of benzene rings is 3. The van der Waals surface area contributed by atoms with Crippen molar-refractivity contribution in [3.05, 3.63) is 95.1 Å². The van der Waals surface area contributed by atoms with Gasteiger partial charge < -0.3 is 5.11 Å². The second kappa shape index (κ2) is 9.02. The van der Waals surface area contributed by atoms with Crippen LogP contribution in [-0.4, -0.2) is 19.2 Å². The minimum atomic E-state index is -3.72. The Labute approximate surface area is 219 Å². The minimum absolute atomic E-state index is 0.175. The second-order valence-corrected chi connectivity index (χ2v) is 13.0.